The molecule has 0 radical (unpaired) electrons. The van der Waals surface area contributed by atoms with Gasteiger partial charge in [-0.2, -0.15) is 0 Å². The maximum atomic E-state index is 14.3. The van der Waals surface area contributed by atoms with E-state index in [9.17, 15) is 43.2 Å². The summed E-state index contributed by atoms with van der Waals surface area (Å²) in [5, 5.41) is 45.6. The zero-order chi connectivity index (χ0) is 31.0. The first kappa shape index (κ1) is 29.4. The Morgan fingerprint density at radius 1 is 1.14 bits per heavy atom. The van der Waals surface area contributed by atoms with Gasteiger partial charge in [0.05, 0.1) is 23.1 Å². The number of phenols is 1. The number of allylic oxidation sites excluding steroid dienone is 1. The third-order valence-corrected chi connectivity index (χ3v) is 8.82. The number of carbonyl (C=O) groups excluding carboxylic acids is 2. The smallest absolute Gasteiger partial charge is 0.251 e. The van der Waals surface area contributed by atoms with Gasteiger partial charge in [0, 0.05) is 17.7 Å². The number of hydrogen-bond acceptors (Lipinski definition) is 8. The lowest BCUT2D eigenvalue weighted by molar-refractivity contribution is -0.119. The first-order valence-corrected chi connectivity index (χ1v) is 13.2. The van der Waals surface area contributed by atoms with Crippen molar-refractivity contribution in [2.45, 2.75) is 31.0 Å². The van der Waals surface area contributed by atoms with Gasteiger partial charge in [-0.05, 0) is 73.7 Å². The number of likely N-dealkylation sites (N-methyl/N-ethyl adjacent to an activating group) is 1. The van der Waals surface area contributed by atoms with Gasteiger partial charge in [-0.1, -0.05) is 12.7 Å². The summed E-state index contributed by atoms with van der Waals surface area (Å²) in [7, 11) is 3.24. The van der Waals surface area contributed by atoms with E-state index in [0.717, 1.165) is 18.2 Å². The van der Waals surface area contributed by atoms with E-state index in [4.69, 9.17) is 11.5 Å². The number of fused-ring (bicyclic) bond motifs is 3. The number of nitrogens with zero attached hydrogens (tertiary/aromatic N) is 1. The molecule has 4 unspecified atom stereocenters. The Kier molecular flexibility index (Phi) is 6.99. The van der Waals surface area contributed by atoms with Crippen LogP contribution in [0.2, 0.25) is 0 Å². The van der Waals surface area contributed by atoms with Crippen LogP contribution < -0.4 is 11.5 Å². The largest absolute Gasteiger partial charge is 0.511 e. The number of rotatable bonds is 5. The van der Waals surface area contributed by atoms with Gasteiger partial charge in [-0.3, -0.25) is 14.5 Å². The molecule has 12 heteroatoms. The van der Waals surface area contributed by atoms with Crippen molar-refractivity contribution in [3.8, 4) is 16.9 Å². The summed E-state index contributed by atoms with van der Waals surface area (Å²) in [4.78, 5) is 28.1. The fraction of sp³-hybridized carbons (Fsp3) is 0.333. The Morgan fingerprint density at radius 2 is 1.76 bits per heavy atom. The summed E-state index contributed by atoms with van der Waals surface area (Å²) < 4.78 is 42.3. The molecular weight excluding hydrogens is 555 g/mol. The fourth-order valence-corrected chi connectivity index (χ4v) is 7.12. The van der Waals surface area contributed by atoms with Gasteiger partial charge in [0.15, 0.2) is 23.2 Å². The molecule has 3 aliphatic rings. The fourth-order valence-electron chi connectivity index (χ4n) is 7.12. The van der Waals surface area contributed by atoms with Crippen molar-refractivity contribution in [2.24, 2.45) is 29.2 Å². The second-order valence-electron chi connectivity index (χ2n) is 11.2. The van der Waals surface area contributed by atoms with Gasteiger partial charge in [0.2, 0.25) is 0 Å². The zero-order valence-corrected chi connectivity index (χ0v) is 22.8. The molecule has 0 aliphatic heterocycles. The Labute approximate surface area is 238 Å². The summed E-state index contributed by atoms with van der Waals surface area (Å²) >= 11 is 0. The number of carbonyl (C=O) groups is 2. The van der Waals surface area contributed by atoms with E-state index in [0.29, 0.717) is 0 Å². The van der Waals surface area contributed by atoms with Crippen LogP contribution in [-0.2, 0) is 17.8 Å². The van der Waals surface area contributed by atoms with E-state index >= 15 is 0 Å². The molecule has 3 aliphatic carbocycles. The Morgan fingerprint density at radius 3 is 2.29 bits per heavy atom. The highest BCUT2D eigenvalue weighted by atomic mass is 19.2. The molecule has 222 valence electrons. The molecule has 0 saturated heterocycles. The van der Waals surface area contributed by atoms with E-state index < -0.39 is 81.4 Å². The number of Topliss-reactive ketones (excluding diaryl/α,β-unsaturated/α-hetero) is 1. The van der Waals surface area contributed by atoms with E-state index in [1.54, 1.807) is 19.0 Å². The summed E-state index contributed by atoms with van der Waals surface area (Å²) in [5.74, 6) is -10.9. The zero-order valence-electron chi connectivity index (χ0n) is 22.8. The Bertz CT molecular complexity index is 1610. The number of phenolic OH excluding ortho intramolecular Hbond substituents is 1. The first-order chi connectivity index (χ1) is 19.7. The number of aliphatic hydroxyl groups is 3. The van der Waals surface area contributed by atoms with Crippen LogP contribution >= 0.6 is 0 Å². The summed E-state index contributed by atoms with van der Waals surface area (Å²) in [6.45, 7) is 3.34. The van der Waals surface area contributed by atoms with Crippen LogP contribution in [0.4, 0.5) is 13.2 Å². The summed E-state index contributed by atoms with van der Waals surface area (Å²) in [6, 6.07) is 2.01. The molecule has 0 saturated carbocycles. The van der Waals surface area contributed by atoms with Gasteiger partial charge in [-0.25, -0.2) is 13.2 Å². The lowest BCUT2D eigenvalue weighted by Crippen LogP contribution is -2.59. The third-order valence-electron chi connectivity index (χ3n) is 8.82. The van der Waals surface area contributed by atoms with Gasteiger partial charge in [-0.15, -0.1) is 0 Å². The molecule has 5 rings (SSSR count). The monoisotopic (exact) mass is 585 g/mol. The SMILES string of the molecule is C=CC1(O)C(C(N)=O)=C(O)[C@@H](N(C)C)C2CC3Cc4c(-c5cc(F)c(F)c(F)c5)cc(CN)c(O)c4C(=O)C3=C(O)C21. The van der Waals surface area contributed by atoms with Gasteiger partial charge in [0.1, 0.15) is 22.9 Å². The minimum absolute atomic E-state index is 0.0160. The third kappa shape index (κ3) is 3.97. The molecule has 0 fully saturated rings. The van der Waals surface area contributed by atoms with E-state index in [1.807, 2.05) is 0 Å². The van der Waals surface area contributed by atoms with Crippen molar-refractivity contribution in [1.29, 1.82) is 0 Å². The van der Waals surface area contributed by atoms with Crippen molar-refractivity contribution in [1.82, 2.24) is 4.90 Å². The number of amides is 1. The lowest BCUT2D eigenvalue weighted by atomic mass is 9.56. The van der Waals surface area contributed by atoms with Crippen molar-refractivity contribution >= 4 is 11.7 Å². The first-order valence-electron chi connectivity index (χ1n) is 13.2. The maximum Gasteiger partial charge on any atom is 0.251 e. The highest BCUT2D eigenvalue weighted by Crippen LogP contribution is 2.55. The molecule has 0 bridgehead atoms. The molecule has 8 N–H and O–H groups in total. The molecule has 2 aromatic rings. The quantitative estimate of drug-likeness (QED) is 0.230. The second kappa shape index (κ2) is 10.0. The number of aromatic hydroxyl groups is 1. The number of hydrogen-bond donors (Lipinski definition) is 6. The molecule has 1 amide bonds. The molecule has 0 aromatic heterocycles. The van der Waals surface area contributed by atoms with Gasteiger partial charge < -0.3 is 31.9 Å². The molecule has 0 heterocycles. The van der Waals surface area contributed by atoms with Crippen LogP contribution in [0.25, 0.3) is 11.1 Å². The number of ketones is 1. The minimum Gasteiger partial charge on any atom is -0.511 e. The number of primary amides is 1. The minimum atomic E-state index is -2.34. The number of halogens is 3. The van der Waals surface area contributed by atoms with Crippen LogP contribution in [0.3, 0.4) is 0 Å². The normalized spacial score (nSPS) is 27.1. The second-order valence-corrected chi connectivity index (χ2v) is 11.2. The topological polar surface area (TPSA) is 170 Å². The molecular formula is C30H30F3N3O6. The predicted molar refractivity (Wildman–Crippen MR) is 146 cm³/mol. The number of benzene rings is 2. The van der Waals surface area contributed by atoms with E-state index in [-0.39, 0.29) is 52.8 Å². The van der Waals surface area contributed by atoms with Gasteiger partial charge >= 0.3 is 0 Å². The number of nitrogens with two attached hydrogens (primary N) is 2. The van der Waals surface area contributed by atoms with E-state index in [2.05, 4.69) is 6.58 Å². The summed E-state index contributed by atoms with van der Waals surface area (Å²) in [6.07, 6.45) is 1.05. The lowest BCUT2D eigenvalue weighted by Gasteiger charge is -2.52. The van der Waals surface area contributed by atoms with Crippen molar-refractivity contribution in [2.75, 3.05) is 14.1 Å². The van der Waals surface area contributed by atoms with Crippen LogP contribution in [0, 0.1) is 35.2 Å². The Balaban J connectivity index is 1.78. The molecule has 9 nitrogen and oxygen atoms in total. The molecule has 2 aromatic carbocycles. The molecule has 42 heavy (non-hydrogen) atoms. The van der Waals surface area contributed by atoms with Crippen LogP contribution in [0.1, 0.15) is 27.9 Å². The predicted octanol–water partition coefficient (Wildman–Crippen LogP) is 2.90. The number of aliphatic hydroxyl groups excluding tert-OH is 2. The van der Waals surface area contributed by atoms with E-state index in [1.165, 1.54) is 6.07 Å². The average molecular weight is 586 g/mol. The van der Waals surface area contributed by atoms with Crippen LogP contribution in [-0.4, -0.2) is 62.8 Å². The summed E-state index contributed by atoms with van der Waals surface area (Å²) in [5.41, 5.74) is 8.35. The Hall–Kier alpha value is -4.13. The van der Waals surface area contributed by atoms with Crippen molar-refractivity contribution in [3.63, 3.8) is 0 Å². The maximum absolute atomic E-state index is 14.3. The van der Waals surface area contributed by atoms with Crippen LogP contribution in [0.15, 0.2) is 53.5 Å². The van der Waals surface area contributed by atoms with Gasteiger partial charge in [0.25, 0.3) is 5.91 Å². The molecule has 0 spiro atoms. The van der Waals surface area contributed by atoms with Crippen molar-refractivity contribution in [3.05, 3.63) is 87.7 Å². The van der Waals surface area contributed by atoms with Crippen LogP contribution in [0.5, 0.6) is 5.75 Å². The highest BCUT2D eigenvalue weighted by Gasteiger charge is 2.60. The van der Waals surface area contributed by atoms with Crippen molar-refractivity contribution < 1.29 is 43.2 Å². The molecule has 5 atom stereocenters. The standard InChI is InChI=1S/C30H30F3N3O6/c1-4-30(42)21-16(24(36(2)3)28(40)22(30)29(35)41)6-12-5-15-14(11-8-17(31)23(33)18(32)9-11)7-13(10-34)25(37)20(15)26(38)19(12)27(21)39/h4,7-9,12,16,21,24,37,39-40,42H,1,5-6,10,34H2,2-3H3,(H2,35,41)/t12?,16?,21?,24-,30?/m0/s1. The average Bonchev–Trinajstić information content (AvgIpc) is 2.90. The highest BCUT2D eigenvalue weighted by molar-refractivity contribution is 6.14.